The minimum Gasteiger partial charge on any atom is -0.364 e. The van der Waals surface area contributed by atoms with Crippen molar-refractivity contribution in [3.63, 3.8) is 0 Å². The van der Waals surface area contributed by atoms with Gasteiger partial charge in [-0.2, -0.15) is 0 Å². The molecule has 31 heavy (non-hydrogen) atoms. The summed E-state index contributed by atoms with van der Waals surface area (Å²) in [6.07, 6.45) is 3.16. The lowest BCUT2D eigenvalue weighted by Gasteiger charge is -2.34. The number of nitrogens with one attached hydrogen (secondary N) is 2. The number of rotatable bonds is 6. The quantitative estimate of drug-likeness (QED) is 0.460. The van der Waals surface area contributed by atoms with Crippen LogP contribution in [-0.2, 0) is 0 Å². The van der Waals surface area contributed by atoms with E-state index in [-0.39, 0.29) is 29.3 Å². The zero-order chi connectivity index (χ0) is 22.5. The number of nitrogens with zero attached hydrogens (tertiary/aromatic N) is 5. The Morgan fingerprint density at radius 3 is 2.61 bits per heavy atom. The highest BCUT2D eigenvalue weighted by molar-refractivity contribution is 5.96. The van der Waals surface area contributed by atoms with Crippen molar-refractivity contribution in [2.75, 3.05) is 37.4 Å². The molecule has 12 heteroatoms. The van der Waals surface area contributed by atoms with Gasteiger partial charge in [0.15, 0.2) is 11.5 Å². The van der Waals surface area contributed by atoms with E-state index in [1.54, 1.807) is 14.1 Å². The van der Waals surface area contributed by atoms with Crippen molar-refractivity contribution in [3.05, 3.63) is 46.3 Å². The van der Waals surface area contributed by atoms with Crippen molar-refractivity contribution in [1.29, 1.82) is 0 Å². The predicted molar refractivity (Wildman–Crippen MR) is 114 cm³/mol. The van der Waals surface area contributed by atoms with E-state index in [4.69, 9.17) is 5.73 Å². The van der Waals surface area contributed by atoms with E-state index < -0.39 is 10.8 Å². The number of amides is 3. The monoisotopic (exact) mass is 428 g/mol. The molecule has 1 atom stereocenters. The van der Waals surface area contributed by atoms with Crippen LogP contribution in [0.2, 0.25) is 0 Å². The van der Waals surface area contributed by atoms with Crippen molar-refractivity contribution in [3.8, 4) is 0 Å². The van der Waals surface area contributed by atoms with Crippen molar-refractivity contribution >= 4 is 34.9 Å². The number of anilines is 3. The third kappa shape index (κ3) is 5.35. The van der Waals surface area contributed by atoms with Crippen LogP contribution < -0.4 is 21.3 Å². The summed E-state index contributed by atoms with van der Waals surface area (Å²) in [6.45, 7) is 1.26. The van der Waals surface area contributed by atoms with Crippen LogP contribution in [0.5, 0.6) is 0 Å². The second kappa shape index (κ2) is 9.24. The average Bonchev–Trinajstić information content (AvgIpc) is 2.74. The Morgan fingerprint density at radius 2 is 2.00 bits per heavy atom. The van der Waals surface area contributed by atoms with E-state index in [0.717, 1.165) is 19.4 Å². The van der Waals surface area contributed by atoms with Crippen LogP contribution in [0.4, 0.5) is 27.8 Å². The lowest BCUT2D eigenvalue weighted by Crippen LogP contribution is -2.50. The standard InChI is InChI=1S/C19H24N8O4/c1-25(2)19(29)23-13-4-3-9-26(11-13)15-10-21-16(17(20)28)18(24-15)22-12-5-7-14(8-6-12)27(30)31/h5-8,10,13H,3-4,9,11H2,1-2H3,(H2,20,28)(H,22,24)(H,23,29). The Labute approximate surface area is 178 Å². The number of non-ortho nitro benzene ring substituents is 1. The van der Waals surface area contributed by atoms with Gasteiger partial charge in [-0.25, -0.2) is 14.8 Å². The molecule has 4 N–H and O–H groups in total. The molecule has 0 saturated carbocycles. The lowest BCUT2D eigenvalue weighted by molar-refractivity contribution is -0.384. The van der Waals surface area contributed by atoms with Gasteiger partial charge in [-0.15, -0.1) is 0 Å². The second-order valence-corrected chi connectivity index (χ2v) is 7.35. The summed E-state index contributed by atoms with van der Waals surface area (Å²) in [6, 6.07) is 5.48. The van der Waals surface area contributed by atoms with E-state index in [1.807, 2.05) is 4.90 Å². The first-order valence-corrected chi connectivity index (χ1v) is 9.65. The molecule has 1 fully saturated rings. The Balaban J connectivity index is 1.81. The maximum atomic E-state index is 12.0. The number of nitro groups is 1. The molecule has 2 heterocycles. The number of carbonyl (C=O) groups excluding carboxylic acids is 2. The number of urea groups is 1. The fourth-order valence-electron chi connectivity index (χ4n) is 3.21. The molecule has 0 bridgehead atoms. The van der Waals surface area contributed by atoms with Gasteiger partial charge in [0.05, 0.1) is 11.1 Å². The van der Waals surface area contributed by atoms with Crippen LogP contribution in [0.1, 0.15) is 23.3 Å². The SMILES string of the molecule is CN(C)C(=O)NC1CCCN(c2cnc(C(N)=O)c(Nc3ccc([N+](=O)[O-])cc3)n2)C1. The van der Waals surface area contributed by atoms with Crippen molar-refractivity contribution in [1.82, 2.24) is 20.2 Å². The van der Waals surface area contributed by atoms with Crippen LogP contribution in [0, 0.1) is 10.1 Å². The predicted octanol–water partition coefficient (Wildman–Crippen LogP) is 1.47. The molecule has 1 unspecified atom stereocenters. The minimum atomic E-state index is -0.752. The highest BCUT2D eigenvalue weighted by atomic mass is 16.6. The maximum Gasteiger partial charge on any atom is 0.317 e. The molecule has 3 rings (SSSR count). The summed E-state index contributed by atoms with van der Waals surface area (Å²) in [4.78, 5) is 46.2. The van der Waals surface area contributed by atoms with Gasteiger partial charge in [0.2, 0.25) is 0 Å². The van der Waals surface area contributed by atoms with Gasteiger partial charge in [0.1, 0.15) is 5.82 Å². The average molecular weight is 428 g/mol. The first-order valence-electron chi connectivity index (χ1n) is 9.65. The van der Waals surface area contributed by atoms with Crippen LogP contribution in [-0.4, -0.2) is 65.0 Å². The van der Waals surface area contributed by atoms with E-state index >= 15 is 0 Å². The third-order valence-electron chi connectivity index (χ3n) is 4.81. The molecule has 12 nitrogen and oxygen atoms in total. The number of piperidine rings is 1. The first kappa shape index (κ1) is 21.7. The molecular formula is C19H24N8O4. The van der Waals surface area contributed by atoms with Gasteiger partial charge < -0.3 is 26.2 Å². The molecule has 1 aromatic carbocycles. The summed E-state index contributed by atoms with van der Waals surface area (Å²) < 4.78 is 0. The molecule has 1 aliphatic heterocycles. The van der Waals surface area contributed by atoms with Gasteiger partial charge >= 0.3 is 6.03 Å². The Bertz CT molecular complexity index is 979. The van der Waals surface area contributed by atoms with E-state index in [0.29, 0.717) is 18.1 Å². The molecule has 2 aromatic rings. The van der Waals surface area contributed by atoms with Gasteiger partial charge in [0.25, 0.3) is 11.6 Å². The highest BCUT2D eigenvalue weighted by Crippen LogP contribution is 2.24. The van der Waals surface area contributed by atoms with Gasteiger partial charge in [-0.1, -0.05) is 0 Å². The van der Waals surface area contributed by atoms with Crippen LogP contribution >= 0.6 is 0 Å². The third-order valence-corrected chi connectivity index (χ3v) is 4.81. The molecule has 3 amide bonds. The molecule has 1 saturated heterocycles. The molecular weight excluding hydrogens is 404 g/mol. The normalized spacial score (nSPS) is 15.8. The fourth-order valence-corrected chi connectivity index (χ4v) is 3.21. The second-order valence-electron chi connectivity index (χ2n) is 7.35. The van der Waals surface area contributed by atoms with Crippen LogP contribution in [0.3, 0.4) is 0 Å². The largest absolute Gasteiger partial charge is 0.364 e. The van der Waals surface area contributed by atoms with Gasteiger partial charge in [-0.3, -0.25) is 14.9 Å². The van der Waals surface area contributed by atoms with E-state index in [2.05, 4.69) is 20.6 Å². The van der Waals surface area contributed by atoms with Crippen molar-refractivity contribution in [2.24, 2.45) is 5.73 Å². The van der Waals surface area contributed by atoms with Gasteiger partial charge in [-0.05, 0) is 25.0 Å². The molecule has 0 radical (unpaired) electrons. The molecule has 1 aliphatic rings. The topological polar surface area (TPSA) is 160 Å². The fraction of sp³-hybridized carbons (Fsp3) is 0.368. The number of hydrogen-bond acceptors (Lipinski definition) is 8. The first-order chi connectivity index (χ1) is 14.7. The smallest absolute Gasteiger partial charge is 0.317 e. The molecule has 0 spiro atoms. The zero-order valence-electron chi connectivity index (χ0n) is 17.2. The Hall–Kier alpha value is -3.96. The van der Waals surface area contributed by atoms with Crippen LogP contribution in [0.15, 0.2) is 30.5 Å². The lowest BCUT2D eigenvalue weighted by atomic mass is 10.1. The number of carbonyl (C=O) groups is 2. The molecule has 164 valence electrons. The number of primary amides is 1. The zero-order valence-corrected chi connectivity index (χ0v) is 17.2. The summed E-state index contributed by atoms with van der Waals surface area (Å²) in [5.74, 6) is -0.0743. The molecule has 1 aromatic heterocycles. The maximum absolute atomic E-state index is 12.0. The Morgan fingerprint density at radius 1 is 1.29 bits per heavy atom. The summed E-state index contributed by atoms with van der Waals surface area (Å²) in [5.41, 5.74) is 5.82. The molecule has 0 aliphatic carbocycles. The summed E-state index contributed by atoms with van der Waals surface area (Å²) >= 11 is 0. The number of aromatic nitrogens is 2. The number of nitro benzene ring substituents is 1. The summed E-state index contributed by atoms with van der Waals surface area (Å²) in [7, 11) is 3.36. The number of benzene rings is 1. The highest BCUT2D eigenvalue weighted by Gasteiger charge is 2.24. The van der Waals surface area contributed by atoms with Crippen molar-refractivity contribution < 1.29 is 14.5 Å². The Kier molecular flexibility index (Phi) is 6.48. The van der Waals surface area contributed by atoms with Crippen molar-refractivity contribution in [2.45, 2.75) is 18.9 Å². The summed E-state index contributed by atoms with van der Waals surface area (Å²) in [5, 5.41) is 16.8. The minimum absolute atomic E-state index is 0.0448. The van der Waals surface area contributed by atoms with Gasteiger partial charge in [0, 0.05) is 51.0 Å². The van der Waals surface area contributed by atoms with E-state index in [9.17, 15) is 19.7 Å². The van der Waals surface area contributed by atoms with Crippen LogP contribution in [0.25, 0.3) is 0 Å². The number of hydrogen-bond donors (Lipinski definition) is 3. The van der Waals surface area contributed by atoms with E-state index in [1.165, 1.54) is 35.4 Å². The number of nitrogens with two attached hydrogens (primary N) is 1.